The Labute approximate surface area is 158 Å². The van der Waals surface area contributed by atoms with Gasteiger partial charge in [0.2, 0.25) is 0 Å². The molecule has 0 saturated heterocycles. The van der Waals surface area contributed by atoms with Crippen molar-refractivity contribution in [1.29, 1.82) is 0 Å². The number of carbonyl (C=O) groups is 2. The highest BCUT2D eigenvalue weighted by Crippen LogP contribution is 2.25. The number of aromatic nitrogens is 2. The SMILES string of the molecule is CCOC(=O)CCCSc1nc2ccccc2n1CC(=O)OC(C)CC. The van der Waals surface area contributed by atoms with Gasteiger partial charge in [0, 0.05) is 12.2 Å². The van der Waals surface area contributed by atoms with Crippen LogP contribution in [0.25, 0.3) is 11.0 Å². The van der Waals surface area contributed by atoms with Crippen LogP contribution in [0.3, 0.4) is 0 Å². The summed E-state index contributed by atoms with van der Waals surface area (Å²) in [5.74, 6) is 0.275. The number of para-hydroxylation sites is 2. The van der Waals surface area contributed by atoms with Crippen molar-refractivity contribution >= 4 is 34.7 Å². The molecule has 7 heteroatoms. The number of carbonyl (C=O) groups excluding carboxylic acids is 2. The van der Waals surface area contributed by atoms with Crippen molar-refractivity contribution in [2.75, 3.05) is 12.4 Å². The number of esters is 2. The average molecular weight is 378 g/mol. The minimum atomic E-state index is -0.268. The Hall–Kier alpha value is -2.02. The number of hydrogen-bond acceptors (Lipinski definition) is 6. The summed E-state index contributed by atoms with van der Waals surface area (Å²) in [5.41, 5.74) is 1.75. The molecule has 0 N–H and O–H groups in total. The highest BCUT2D eigenvalue weighted by molar-refractivity contribution is 7.99. The van der Waals surface area contributed by atoms with E-state index >= 15 is 0 Å². The molecule has 2 rings (SSSR count). The number of hydrogen-bond donors (Lipinski definition) is 0. The molecule has 0 fully saturated rings. The normalized spacial score (nSPS) is 12.1. The summed E-state index contributed by atoms with van der Waals surface area (Å²) in [6, 6.07) is 7.72. The standard InChI is InChI=1S/C19H26N2O4S/c1-4-14(3)25-18(23)13-21-16-10-7-6-9-15(16)20-19(21)26-12-8-11-17(22)24-5-2/h6-7,9-10,14H,4-5,8,11-13H2,1-3H3. The molecule has 1 aromatic heterocycles. The lowest BCUT2D eigenvalue weighted by molar-refractivity contribution is -0.149. The number of nitrogens with zero attached hydrogens (tertiary/aromatic N) is 2. The van der Waals surface area contributed by atoms with Crippen molar-refractivity contribution in [1.82, 2.24) is 9.55 Å². The maximum Gasteiger partial charge on any atom is 0.326 e. The Morgan fingerprint density at radius 2 is 2.00 bits per heavy atom. The first-order valence-corrected chi connectivity index (χ1v) is 9.96. The van der Waals surface area contributed by atoms with Gasteiger partial charge in [-0.3, -0.25) is 9.59 Å². The topological polar surface area (TPSA) is 70.4 Å². The quantitative estimate of drug-likeness (QED) is 0.356. The number of benzene rings is 1. The van der Waals surface area contributed by atoms with Crippen molar-refractivity contribution in [3.05, 3.63) is 24.3 Å². The molecule has 0 aliphatic heterocycles. The molecule has 0 aliphatic carbocycles. The van der Waals surface area contributed by atoms with Crippen LogP contribution in [-0.2, 0) is 25.6 Å². The molecule has 0 radical (unpaired) electrons. The molecule has 0 spiro atoms. The van der Waals surface area contributed by atoms with Crippen LogP contribution in [0, 0.1) is 0 Å². The number of imidazole rings is 1. The molecule has 0 aliphatic rings. The fourth-order valence-corrected chi connectivity index (χ4v) is 3.36. The lowest BCUT2D eigenvalue weighted by Gasteiger charge is -2.13. The van der Waals surface area contributed by atoms with Gasteiger partial charge in [-0.15, -0.1) is 0 Å². The highest BCUT2D eigenvalue weighted by atomic mass is 32.2. The predicted molar refractivity (Wildman–Crippen MR) is 102 cm³/mol. The van der Waals surface area contributed by atoms with Crippen LogP contribution >= 0.6 is 11.8 Å². The van der Waals surface area contributed by atoms with Crippen molar-refractivity contribution in [3.8, 4) is 0 Å². The van der Waals surface area contributed by atoms with E-state index in [1.165, 1.54) is 11.8 Å². The van der Waals surface area contributed by atoms with Crippen LogP contribution < -0.4 is 0 Å². The second-order valence-corrected chi connectivity index (χ2v) is 7.00. The second-order valence-electron chi connectivity index (χ2n) is 5.93. The van der Waals surface area contributed by atoms with Gasteiger partial charge < -0.3 is 14.0 Å². The van der Waals surface area contributed by atoms with E-state index < -0.39 is 0 Å². The van der Waals surface area contributed by atoms with Gasteiger partial charge in [-0.2, -0.15) is 0 Å². The van der Waals surface area contributed by atoms with E-state index in [1.807, 2.05) is 42.7 Å². The summed E-state index contributed by atoms with van der Waals surface area (Å²) < 4.78 is 12.2. The second kappa shape index (κ2) is 10.2. The van der Waals surface area contributed by atoms with Crippen LogP contribution in [0.1, 0.15) is 40.0 Å². The predicted octanol–water partition coefficient (Wildman–Crippen LogP) is 3.81. The first kappa shape index (κ1) is 20.3. The minimum Gasteiger partial charge on any atom is -0.466 e. The van der Waals surface area contributed by atoms with Gasteiger partial charge in [0.1, 0.15) is 6.54 Å². The largest absolute Gasteiger partial charge is 0.466 e. The molecule has 1 unspecified atom stereocenters. The van der Waals surface area contributed by atoms with E-state index in [0.717, 1.165) is 28.4 Å². The Balaban J connectivity index is 2.05. The van der Waals surface area contributed by atoms with Gasteiger partial charge in [0.25, 0.3) is 0 Å². The summed E-state index contributed by atoms with van der Waals surface area (Å²) in [4.78, 5) is 28.3. The summed E-state index contributed by atoms with van der Waals surface area (Å²) in [6.07, 6.45) is 1.77. The number of thioether (sulfide) groups is 1. The molecule has 0 amide bonds. The fraction of sp³-hybridized carbons (Fsp3) is 0.526. The van der Waals surface area contributed by atoms with Gasteiger partial charge >= 0.3 is 11.9 Å². The average Bonchev–Trinajstić information content (AvgIpc) is 2.96. The maximum atomic E-state index is 12.2. The Morgan fingerprint density at radius 3 is 2.73 bits per heavy atom. The highest BCUT2D eigenvalue weighted by Gasteiger charge is 2.16. The molecule has 1 aromatic carbocycles. The van der Waals surface area contributed by atoms with E-state index in [1.54, 1.807) is 6.92 Å². The third-order valence-corrected chi connectivity index (χ3v) is 4.94. The maximum absolute atomic E-state index is 12.2. The van der Waals surface area contributed by atoms with Crippen LogP contribution in [0.2, 0.25) is 0 Å². The van der Waals surface area contributed by atoms with Crippen LogP contribution in [0.4, 0.5) is 0 Å². The molecule has 142 valence electrons. The van der Waals surface area contributed by atoms with Gasteiger partial charge in [-0.25, -0.2) is 4.98 Å². The smallest absolute Gasteiger partial charge is 0.326 e. The fourth-order valence-electron chi connectivity index (χ4n) is 2.40. The first-order valence-electron chi connectivity index (χ1n) is 8.98. The van der Waals surface area contributed by atoms with Crippen molar-refractivity contribution in [2.24, 2.45) is 0 Å². The lowest BCUT2D eigenvalue weighted by Crippen LogP contribution is -2.19. The summed E-state index contributed by atoms with van der Waals surface area (Å²) in [5, 5.41) is 0.760. The summed E-state index contributed by atoms with van der Waals surface area (Å²) in [7, 11) is 0. The molecule has 1 atom stereocenters. The zero-order valence-corrected chi connectivity index (χ0v) is 16.4. The Bertz CT molecular complexity index is 744. The van der Waals surface area contributed by atoms with Gasteiger partial charge in [0.05, 0.1) is 23.7 Å². The van der Waals surface area contributed by atoms with E-state index in [9.17, 15) is 9.59 Å². The lowest BCUT2D eigenvalue weighted by atomic mass is 10.3. The number of rotatable bonds is 10. The zero-order valence-electron chi connectivity index (χ0n) is 15.6. The monoisotopic (exact) mass is 378 g/mol. The minimum absolute atomic E-state index is 0.0991. The molecule has 0 saturated carbocycles. The van der Waals surface area contributed by atoms with E-state index in [2.05, 4.69) is 4.98 Å². The third-order valence-electron chi connectivity index (χ3n) is 3.88. The van der Waals surface area contributed by atoms with Crippen LogP contribution in [0.5, 0.6) is 0 Å². The molecular weight excluding hydrogens is 352 g/mol. The van der Waals surface area contributed by atoms with E-state index in [4.69, 9.17) is 9.47 Å². The number of ether oxygens (including phenoxy) is 2. The summed E-state index contributed by atoms with van der Waals surface area (Å²) >= 11 is 1.54. The molecule has 1 heterocycles. The molecule has 2 aromatic rings. The third kappa shape index (κ3) is 5.76. The Kier molecular flexibility index (Phi) is 7.97. The van der Waals surface area contributed by atoms with Crippen molar-refractivity contribution < 1.29 is 19.1 Å². The van der Waals surface area contributed by atoms with Crippen molar-refractivity contribution in [2.45, 2.75) is 57.8 Å². The van der Waals surface area contributed by atoms with E-state index in [0.29, 0.717) is 19.4 Å². The van der Waals surface area contributed by atoms with Gasteiger partial charge in [-0.1, -0.05) is 30.8 Å². The molecule has 26 heavy (non-hydrogen) atoms. The molecule has 0 bridgehead atoms. The molecule has 6 nitrogen and oxygen atoms in total. The van der Waals surface area contributed by atoms with Crippen molar-refractivity contribution in [3.63, 3.8) is 0 Å². The Morgan fingerprint density at radius 1 is 1.23 bits per heavy atom. The first-order chi connectivity index (χ1) is 12.5. The van der Waals surface area contributed by atoms with Crippen LogP contribution in [-0.4, -0.2) is 40.0 Å². The summed E-state index contributed by atoms with van der Waals surface area (Å²) in [6.45, 7) is 6.20. The van der Waals surface area contributed by atoms with Gasteiger partial charge in [0.15, 0.2) is 5.16 Å². The zero-order chi connectivity index (χ0) is 18.9. The van der Waals surface area contributed by atoms with E-state index in [-0.39, 0.29) is 24.6 Å². The van der Waals surface area contributed by atoms with Crippen LogP contribution in [0.15, 0.2) is 29.4 Å². The van der Waals surface area contributed by atoms with Gasteiger partial charge in [-0.05, 0) is 38.8 Å². The molecular formula is C19H26N2O4S. The number of fused-ring (bicyclic) bond motifs is 1.